The lowest BCUT2D eigenvalue weighted by molar-refractivity contribution is 0.238. The smallest absolute Gasteiger partial charge is 0.218 e. The molecule has 3 N–H and O–H groups in total. The van der Waals surface area contributed by atoms with Gasteiger partial charge in [-0.1, -0.05) is 0 Å². The molecule has 0 aliphatic carbocycles. The number of rotatable bonds is 5. The number of nitrogens with zero attached hydrogens (tertiary/aromatic N) is 5. The van der Waals surface area contributed by atoms with Gasteiger partial charge in [-0.25, -0.2) is 14.5 Å². The third-order valence-corrected chi connectivity index (χ3v) is 4.25. The summed E-state index contributed by atoms with van der Waals surface area (Å²) in [6, 6.07) is 3.64. The van der Waals surface area contributed by atoms with Crippen LogP contribution in [0.25, 0.3) is 17.2 Å². The number of anilines is 1. The van der Waals surface area contributed by atoms with E-state index in [0.29, 0.717) is 23.0 Å². The third-order valence-electron chi connectivity index (χ3n) is 4.25. The summed E-state index contributed by atoms with van der Waals surface area (Å²) in [5.74, 6) is 1.55. The van der Waals surface area contributed by atoms with Gasteiger partial charge in [0.25, 0.3) is 0 Å². The fourth-order valence-corrected chi connectivity index (χ4v) is 3.01. The number of fused-ring (bicyclic) bond motifs is 1. The van der Waals surface area contributed by atoms with Crippen LogP contribution in [0.4, 0.5) is 5.82 Å². The van der Waals surface area contributed by atoms with Crippen LogP contribution in [-0.4, -0.2) is 57.2 Å². The first-order chi connectivity index (χ1) is 11.8. The highest BCUT2D eigenvalue weighted by Gasteiger charge is 2.13. The molecule has 0 saturated carbocycles. The molecule has 1 aliphatic heterocycles. The highest BCUT2D eigenvalue weighted by Crippen LogP contribution is 2.19. The topological polar surface area (TPSA) is 97.5 Å². The Morgan fingerprint density at radius 3 is 2.92 bits per heavy atom. The molecule has 1 aliphatic rings. The normalized spacial score (nSPS) is 16.0. The van der Waals surface area contributed by atoms with Gasteiger partial charge in [0.15, 0.2) is 17.2 Å². The molecule has 3 aromatic rings. The van der Waals surface area contributed by atoms with E-state index in [1.54, 1.807) is 10.8 Å². The Morgan fingerprint density at radius 1 is 1.25 bits per heavy atom. The van der Waals surface area contributed by atoms with Gasteiger partial charge in [0.05, 0.1) is 18.2 Å². The number of nitrogens with one attached hydrogen (secondary N) is 1. The zero-order valence-corrected chi connectivity index (χ0v) is 13.5. The van der Waals surface area contributed by atoms with Gasteiger partial charge in [0.2, 0.25) is 5.82 Å². The predicted octanol–water partition coefficient (Wildman–Crippen LogP) is 0.804. The molecular weight excluding hydrogens is 306 g/mol. The van der Waals surface area contributed by atoms with Crippen molar-refractivity contribution in [1.82, 2.24) is 29.8 Å². The fourth-order valence-electron chi connectivity index (χ4n) is 3.01. The van der Waals surface area contributed by atoms with Crippen LogP contribution in [0, 0.1) is 0 Å². The number of piperazine rings is 1. The molecule has 0 radical (unpaired) electrons. The van der Waals surface area contributed by atoms with Crippen LogP contribution in [-0.2, 0) is 6.42 Å². The molecule has 8 heteroatoms. The molecule has 0 atom stereocenters. The van der Waals surface area contributed by atoms with Crippen molar-refractivity contribution in [2.45, 2.75) is 12.8 Å². The number of aryl methyl sites for hydroxylation is 1. The summed E-state index contributed by atoms with van der Waals surface area (Å²) in [6.07, 6.45) is 5.44. The van der Waals surface area contributed by atoms with Crippen molar-refractivity contribution >= 4 is 11.5 Å². The molecule has 1 fully saturated rings. The van der Waals surface area contributed by atoms with Crippen molar-refractivity contribution in [2.75, 3.05) is 38.5 Å². The predicted molar refractivity (Wildman–Crippen MR) is 90.5 cm³/mol. The number of aromatic nitrogens is 4. The largest absolute Gasteiger partial charge is 0.461 e. The first-order valence-corrected chi connectivity index (χ1v) is 8.28. The minimum absolute atomic E-state index is 0.403. The van der Waals surface area contributed by atoms with Crippen LogP contribution < -0.4 is 11.1 Å². The molecule has 8 nitrogen and oxygen atoms in total. The SMILES string of the molecule is Nc1nc(CCCN2CCNCC2)cn2nc(-c3ccco3)nc12. The molecule has 24 heavy (non-hydrogen) atoms. The Labute approximate surface area is 139 Å². The molecule has 4 heterocycles. The zero-order valence-electron chi connectivity index (χ0n) is 13.5. The summed E-state index contributed by atoms with van der Waals surface area (Å²) < 4.78 is 7.04. The lowest BCUT2D eigenvalue weighted by Gasteiger charge is -2.26. The van der Waals surface area contributed by atoms with E-state index in [2.05, 4.69) is 25.3 Å². The van der Waals surface area contributed by atoms with Gasteiger partial charge >= 0.3 is 0 Å². The number of nitrogens with two attached hydrogens (primary N) is 1. The summed E-state index contributed by atoms with van der Waals surface area (Å²) in [5, 5.41) is 7.82. The minimum Gasteiger partial charge on any atom is -0.461 e. The van der Waals surface area contributed by atoms with Gasteiger partial charge in [-0.05, 0) is 31.5 Å². The summed E-state index contributed by atoms with van der Waals surface area (Å²) in [6.45, 7) is 5.46. The maximum absolute atomic E-state index is 6.05. The monoisotopic (exact) mass is 327 g/mol. The first kappa shape index (κ1) is 15.1. The molecule has 0 amide bonds. The third kappa shape index (κ3) is 3.10. The molecule has 1 saturated heterocycles. The van der Waals surface area contributed by atoms with Crippen LogP contribution in [0.3, 0.4) is 0 Å². The Balaban J connectivity index is 1.47. The van der Waals surface area contributed by atoms with Crippen molar-refractivity contribution in [3.63, 3.8) is 0 Å². The first-order valence-electron chi connectivity index (χ1n) is 8.28. The van der Waals surface area contributed by atoms with Crippen molar-refractivity contribution < 1.29 is 4.42 Å². The molecular formula is C16H21N7O. The van der Waals surface area contributed by atoms with Gasteiger partial charge in [-0.15, -0.1) is 5.10 Å². The second-order valence-electron chi connectivity index (χ2n) is 5.99. The Morgan fingerprint density at radius 2 is 2.12 bits per heavy atom. The van der Waals surface area contributed by atoms with Crippen molar-refractivity contribution in [3.8, 4) is 11.6 Å². The lowest BCUT2D eigenvalue weighted by Crippen LogP contribution is -2.43. The van der Waals surface area contributed by atoms with Gasteiger partial charge < -0.3 is 20.4 Å². The van der Waals surface area contributed by atoms with Crippen molar-refractivity contribution in [2.24, 2.45) is 0 Å². The van der Waals surface area contributed by atoms with Crippen LogP contribution in [0.5, 0.6) is 0 Å². The Kier molecular flexibility index (Phi) is 4.14. The molecule has 4 rings (SSSR count). The lowest BCUT2D eigenvalue weighted by atomic mass is 10.2. The average Bonchev–Trinajstić information content (AvgIpc) is 3.25. The Hall–Kier alpha value is -2.45. The van der Waals surface area contributed by atoms with Crippen LogP contribution in [0.15, 0.2) is 29.0 Å². The standard InChI is InChI=1S/C16H21N7O/c17-14-16-20-15(13-4-2-10-24-13)21-23(16)11-12(19-14)3-1-7-22-8-5-18-6-9-22/h2,4,10-11,18H,1,3,5-9H2,(H2,17,19). The second kappa shape index (κ2) is 6.58. The van der Waals surface area contributed by atoms with E-state index in [1.807, 2.05) is 18.3 Å². The molecule has 0 spiro atoms. The van der Waals surface area contributed by atoms with E-state index in [9.17, 15) is 0 Å². The summed E-state index contributed by atoms with van der Waals surface area (Å²) in [7, 11) is 0. The molecule has 0 bridgehead atoms. The number of hydrogen-bond donors (Lipinski definition) is 2. The van der Waals surface area contributed by atoms with Gasteiger partial charge in [0, 0.05) is 26.2 Å². The summed E-state index contributed by atoms with van der Waals surface area (Å²) >= 11 is 0. The van der Waals surface area contributed by atoms with Crippen molar-refractivity contribution in [3.05, 3.63) is 30.3 Å². The zero-order chi connectivity index (χ0) is 16.4. The number of nitrogen functional groups attached to an aromatic ring is 1. The number of furan rings is 1. The maximum Gasteiger partial charge on any atom is 0.218 e. The van der Waals surface area contributed by atoms with E-state index < -0.39 is 0 Å². The summed E-state index contributed by atoms with van der Waals surface area (Å²) in [5.41, 5.74) is 7.55. The minimum atomic E-state index is 0.403. The van der Waals surface area contributed by atoms with E-state index in [-0.39, 0.29) is 0 Å². The number of hydrogen-bond acceptors (Lipinski definition) is 7. The molecule has 126 valence electrons. The maximum atomic E-state index is 6.05. The highest BCUT2D eigenvalue weighted by atomic mass is 16.3. The van der Waals surface area contributed by atoms with Crippen molar-refractivity contribution in [1.29, 1.82) is 0 Å². The quantitative estimate of drug-likeness (QED) is 0.715. The molecule has 3 aromatic heterocycles. The van der Waals surface area contributed by atoms with E-state index in [1.165, 1.54) is 0 Å². The van der Waals surface area contributed by atoms with Crippen LogP contribution in [0.1, 0.15) is 12.1 Å². The van der Waals surface area contributed by atoms with Gasteiger partial charge in [-0.2, -0.15) is 0 Å². The van der Waals surface area contributed by atoms with Gasteiger partial charge in [0.1, 0.15) is 0 Å². The fraction of sp³-hybridized carbons (Fsp3) is 0.438. The van der Waals surface area contributed by atoms with Crippen LogP contribution >= 0.6 is 0 Å². The van der Waals surface area contributed by atoms with Crippen LogP contribution in [0.2, 0.25) is 0 Å². The van der Waals surface area contributed by atoms with E-state index in [0.717, 1.165) is 51.3 Å². The average molecular weight is 327 g/mol. The van der Waals surface area contributed by atoms with E-state index in [4.69, 9.17) is 10.2 Å². The Bertz CT molecular complexity index is 805. The molecule has 0 unspecified atom stereocenters. The molecule has 0 aromatic carbocycles. The highest BCUT2D eigenvalue weighted by molar-refractivity contribution is 5.63. The van der Waals surface area contributed by atoms with Gasteiger partial charge in [-0.3, -0.25) is 0 Å². The second-order valence-corrected chi connectivity index (χ2v) is 5.99. The van der Waals surface area contributed by atoms with E-state index >= 15 is 0 Å². The summed E-state index contributed by atoms with van der Waals surface area (Å²) in [4.78, 5) is 11.4.